The fraction of sp³-hybridized carbons (Fsp3) is 0.158. The summed E-state index contributed by atoms with van der Waals surface area (Å²) in [6.07, 6.45) is 0. The Balaban J connectivity index is 1.67. The molecule has 112 valence electrons. The molecule has 0 amide bonds. The molecule has 1 heterocycles. The highest BCUT2D eigenvalue weighted by molar-refractivity contribution is 5.58. The van der Waals surface area contributed by atoms with E-state index in [1.54, 1.807) is 18.2 Å². The maximum Gasteiger partial charge on any atom is 0.137 e. The lowest BCUT2D eigenvalue weighted by Crippen LogP contribution is -2.17. The van der Waals surface area contributed by atoms with E-state index in [9.17, 15) is 4.39 Å². The number of nitrogens with one attached hydrogen (secondary N) is 1. The first-order valence-corrected chi connectivity index (χ1v) is 7.36. The zero-order chi connectivity index (χ0) is 15.4. The van der Waals surface area contributed by atoms with Crippen LogP contribution in [0.15, 0.2) is 71.1 Å². The van der Waals surface area contributed by atoms with Crippen molar-refractivity contribution in [2.45, 2.75) is 19.5 Å². The van der Waals surface area contributed by atoms with Gasteiger partial charge in [0.2, 0.25) is 0 Å². The average molecular weight is 295 g/mol. The molecule has 22 heavy (non-hydrogen) atoms. The Labute approximate surface area is 129 Å². The molecule has 0 fully saturated rings. The lowest BCUT2D eigenvalue weighted by molar-refractivity contribution is 0.466. The van der Waals surface area contributed by atoms with Gasteiger partial charge in [-0.2, -0.15) is 0 Å². The smallest absolute Gasteiger partial charge is 0.137 e. The minimum Gasteiger partial charge on any atom is -0.460 e. The van der Waals surface area contributed by atoms with Crippen LogP contribution in [-0.2, 0) is 6.54 Å². The molecule has 0 aliphatic rings. The molecule has 1 unspecified atom stereocenters. The van der Waals surface area contributed by atoms with Crippen molar-refractivity contribution in [1.82, 2.24) is 5.32 Å². The number of halogens is 1. The molecule has 0 aliphatic heterocycles. The molecule has 1 atom stereocenters. The SMILES string of the molecule is CC(NCc1ccc(-c2ccccc2F)o1)c1ccccc1. The summed E-state index contributed by atoms with van der Waals surface area (Å²) in [5, 5.41) is 3.41. The monoisotopic (exact) mass is 295 g/mol. The van der Waals surface area contributed by atoms with Crippen LogP contribution in [0, 0.1) is 5.82 Å². The fourth-order valence-electron chi connectivity index (χ4n) is 2.39. The van der Waals surface area contributed by atoms with Gasteiger partial charge in [0, 0.05) is 6.04 Å². The fourth-order valence-corrected chi connectivity index (χ4v) is 2.39. The first kappa shape index (κ1) is 14.5. The number of benzene rings is 2. The molecule has 0 aliphatic carbocycles. The topological polar surface area (TPSA) is 25.2 Å². The van der Waals surface area contributed by atoms with Crippen molar-refractivity contribution in [3.05, 3.63) is 83.9 Å². The summed E-state index contributed by atoms with van der Waals surface area (Å²) in [5.74, 6) is 1.08. The summed E-state index contributed by atoms with van der Waals surface area (Å²) >= 11 is 0. The van der Waals surface area contributed by atoms with E-state index in [1.807, 2.05) is 30.3 Å². The lowest BCUT2D eigenvalue weighted by Gasteiger charge is -2.12. The Morgan fingerprint density at radius 1 is 0.955 bits per heavy atom. The van der Waals surface area contributed by atoms with Crippen LogP contribution in [0.4, 0.5) is 4.39 Å². The summed E-state index contributed by atoms with van der Waals surface area (Å²) in [4.78, 5) is 0. The van der Waals surface area contributed by atoms with Gasteiger partial charge in [0.25, 0.3) is 0 Å². The van der Waals surface area contributed by atoms with Gasteiger partial charge >= 0.3 is 0 Å². The molecule has 3 aromatic rings. The van der Waals surface area contributed by atoms with Crippen LogP contribution in [0.5, 0.6) is 0 Å². The Morgan fingerprint density at radius 3 is 2.45 bits per heavy atom. The third kappa shape index (κ3) is 3.26. The van der Waals surface area contributed by atoms with Crippen molar-refractivity contribution in [2.24, 2.45) is 0 Å². The predicted octanol–water partition coefficient (Wildman–Crippen LogP) is 4.94. The molecule has 0 saturated carbocycles. The summed E-state index contributed by atoms with van der Waals surface area (Å²) in [7, 11) is 0. The Bertz CT molecular complexity index is 736. The molecule has 3 heteroatoms. The number of rotatable bonds is 5. The Kier molecular flexibility index (Phi) is 4.35. The third-order valence-corrected chi connectivity index (χ3v) is 3.68. The van der Waals surface area contributed by atoms with Crippen molar-refractivity contribution < 1.29 is 8.81 Å². The van der Waals surface area contributed by atoms with Crippen LogP contribution in [-0.4, -0.2) is 0 Å². The molecule has 2 aromatic carbocycles. The quantitative estimate of drug-likeness (QED) is 0.721. The zero-order valence-corrected chi connectivity index (χ0v) is 12.4. The van der Waals surface area contributed by atoms with Gasteiger partial charge in [-0.05, 0) is 36.8 Å². The van der Waals surface area contributed by atoms with E-state index in [4.69, 9.17) is 4.42 Å². The van der Waals surface area contributed by atoms with Crippen molar-refractivity contribution in [2.75, 3.05) is 0 Å². The summed E-state index contributed by atoms with van der Waals surface area (Å²) in [6, 6.07) is 20.8. The minimum atomic E-state index is -0.269. The van der Waals surface area contributed by atoms with Crippen LogP contribution in [0.3, 0.4) is 0 Å². The van der Waals surface area contributed by atoms with Crippen LogP contribution >= 0.6 is 0 Å². The van der Waals surface area contributed by atoms with Crippen LogP contribution in [0.2, 0.25) is 0 Å². The lowest BCUT2D eigenvalue weighted by atomic mass is 10.1. The summed E-state index contributed by atoms with van der Waals surface area (Å²) < 4.78 is 19.5. The molecule has 0 spiro atoms. The minimum absolute atomic E-state index is 0.225. The van der Waals surface area contributed by atoms with E-state index in [-0.39, 0.29) is 11.9 Å². The van der Waals surface area contributed by atoms with Crippen LogP contribution < -0.4 is 5.32 Å². The second-order valence-electron chi connectivity index (χ2n) is 5.26. The Hall–Kier alpha value is -2.39. The summed E-state index contributed by atoms with van der Waals surface area (Å²) in [6.45, 7) is 2.71. The van der Waals surface area contributed by atoms with Crippen molar-refractivity contribution >= 4 is 0 Å². The molecular formula is C19H18FNO. The van der Waals surface area contributed by atoms with E-state index in [0.717, 1.165) is 5.76 Å². The van der Waals surface area contributed by atoms with Crippen molar-refractivity contribution in [3.8, 4) is 11.3 Å². The van der Waals surface area contributed by atoms with E-state index in [0.29, 0.717) is 17.9 Å². The average Bonchev–Trinajstić information content (AvgIpc) is 3.02. The second kappa shape index (κ2) is 6.58. The van der Waals surface area contributed by atoms with E-state index >= 15 is 0 Å². The highest BCUT2D eigenvalue weighted by Gasteiger charge is 2.10. The highest BCUT2D eigenvalue weighted by atomic mass is 19.1. The van der Waals surface area contributed by atoms with Crippen molar-refractivity contribution in [1.29, 1.82) is 0 Å². The summed E-state index contributed by atoms with van der Waals surface area (Å²) in [5.41, 5.74) is 1.72. The molecule has 0 radical (unpaired) electrons. The molecule has 0 saturated heterocycles. The van der Waals surface area contributed by atoms with Crippen LogP contribution in [0.25, 0.3) is 11.3 Å². The molecular weight excluding hydrogens is 277 g/mol. The van der Waals surface area contributed by atoms with E-state index < -0.39 is 0 Å². The maximum atomic E-state index is 13.7. The van der Waals surface area contributed by atoms with Gasteiger partial charge in [0.15, 0.2) is 0 Å². The predicted molar refractivity (Wildman–Crippen MR) is 85.8 cm³/mol. The second-order valence-corrected chi connectivity index (χ2v) is 5.26. The van der Waals surface area contributed by atoms with Gasteiger partial charge in [-0.3, -0.25) is 0 Å². The standard InChI is InChI=1S/C19H18FNO/c1-14(15-7-3-2-4-8-15)21-13-16-11-12-19(22-16)17-9-5-6-10-18(17)20/h2-12,14,21H,13H2,1H3. The molecule has 1 N–H and O–H groups in total. The zero-order valence-electron chi connectivity index (χ0n) is 12.4. The van der Waals surface area contributed by atoms with Crippen molar-refractivity contribution in [3.63, 3.8) is 0 Å². The number of furan rings is 1. The van der Waals surface area contributed by atoms with Gasteiger partial charge in [-0.25, -0.2) is 4.39 Å². The first-order chi connectivity index (χ1) is 10.7. The van der Waals surface area contributed by atoms with Gasteiger partial charge in [-0.1, -0.05) is 42.5 Å². The molecule has 3 rings (SSSR count). The third-order valence-electron chi connectivity index (χ3n) is 3.68. The Morgan fingerprint density at radius 2 is 1.68 bits per heavy atom. The normalized spacial score (nSPS) is 12.3. The van der Waals surface area contributed by atoms with Gasteiger partial charge in [0.1, 0.15) is 17.3 Å². The first-order valence-electron chi connectivity index (χ1n) is 7.36. The molecule has 0 bridgehead atoms. The van der Waals surface area contributed by atoms with Gasteiger partial charge in [0.05, 0.1) is 12.1 Å². The highest BCUT2D eigenvalue weighted by Crippen LogP contribution is 2.25. The van der Waals surface area contributed by atoms with Gasteiger partial charge in [-0.15, -0.1) is 0 Å². The van der Waals surface area contributed by atoms with E-state index in [1.165, 1.54) is 11.6 Å². The molecule has 1 aromatic heterocycles. The maximum absolute atomic E-state index is 13.7. The number of hydrogen-bond donors (Lipinski definition) is 1. The van der Waals surface area contributed by atoms with E-state index in [2.05, 4.69) is 24.4 Å². The van der Waals surface area contributed by atoms with Crippen LogP contribution in [0.1, 0.15) is 24.3 Å². The number of hydrogen-bond acceptors (Lipinski definition) is 2. The molecule has 2 nitrogen and oxygen atoms in total. The largest absolute Gasteiger partial charge is 0.460 e. The van der Waals surface area contributed by atoms with Gasteiger partial charge < -0.3 is 9.73 Å².